The molecular formula is C18H25N3O4. The number of urea groups is 1. The highest BCUT2D eigenvalue weighted by Gasteiger charge is 2.15. The van der Waals surface area contributed by atoms with E-state index in [-0.39, 0.29) is 30.1 Å². The van der Waals surface area contributed by atoms with Gasteiger partial charge in [0.1, 0.15) is 0 Å². The van der Waals surface area contributed by atoms with E-state index in [0.29, 0.717) is 13.0 Å². The third-order valence-corrected chi connectivity index (χ3v) is 4.26. The lowest BCUT2D eigenvalue weighted by molar-refractivity contribution is -0.120. The molecule has 25 heavy (non-hydrogen) atoms. The lowest BCUT2D eigenvalue weighted by Gasteiger charge is -2.22. The van der Waals surface area contributed by atoms with Gasteiger partial charge in [-0.05, 0) is 37.0 Å². The van der Waals surface area contributed by atoms with E-state index < -0.39 is 5.97 Å². The normalized spacial score (nSPS) is 14.6. The number of carbonyl (C=O) groups is 3. The Labute approximate surface area is 147 Å². The van der Waals surface area contributed by atoms with Gasteiger partial charge in [0, 0.05) is 12.6 Å². The van der Waals surface area contributed by atoms with Crippen LogP contribution < -0.4 is 16.0 Å². The van der Waals surface area contributed by atoms with Crippen LogP contribution in [0.3, 0.4) is 0 Å². The van der Waals surface area contributed by atoms with E-state index in [0.717, 1.165) is 31.2 Å². The number of carboxylic acid groups (broad SMARTS) is 1. The van der Waals surface area contributed by atoms with Crippen molar-refractivity contribution in [3.8, 4) is 0 Å². The van der Waals surface area contributed by atoms with Crippen molar-refractivity contribution < 1.29 is 19.5 Å². The van der Waals surface area contributed by atoms with Gasteiger partial charge in [-0.15, -0.1) is 0 Å². The number of hydrogen-bond donors (Lipinski definition) is 4. The maximum atomic E-state index is 11.8. The Hall–Kier alpha value is -2.57. The quantitative estimate of drug-likeness (QED) is 0.602. The van der Waals surface area contributed by atoms with Crippen molar-refractivity contribution in [3.63, 3.8) is 0 Å². The molecule has 3 amide bonds. The van der Waals surface area contributed by atoms with Gasteiger partial charge in [0.25, 0.3) is 0 Å². The first kappa shape index (κ1) is 18.8. The van der Waals surface area contributed by atoms with Crippen molar-refractivity contribution in [2.24, 2.45) is 0 Å². The van der Waals surface area contributed by atoms with E-state index in [9.17, 15) is 14.4 Å². The Morgan fingerprint density at radius 3 is 2.56 bits per heavy atom. The molecular weight excluding hydrogens is 322 g/mol. The second kappa shape index (κ2) is 9.66. The molecule has 0 radical (unpaired) electrons. The summed E-state index contributed by atoms with van der Waals surface area (Å²) in [7, 11) is 0. The molecule has 0 spiro atoms. The largest absolute Gasteiger partial charge is 0.478 e. The fraction of sp³-hybridized carbons (Fsp3) is 0.500. The standard InChI is InChI=1S/C18H25N3O4/c22-16(12-20-18(25)21-15-7-2-1-3-8-15)19-10-9-13-5-4-6-14(11-13)17(23)24/h4-6,11,15H,1-3,7-10,12H2,(H,19,22)(H,23,24)(H2,20,21,25). The van der Waals surface area contributed by atoms with Crippen LogP contribution >= 0.6 is 0 Å². The number of benzene rings is 1. The summed E-state index contributed by atoms with van der Waals surface area (Å²) >= 11 is 0. The van der Waals surface area contributed by atoms with Crippen molar-refractivity contribution in [1.82, 2.24) is 16.0 Å². The number of carboxylic acids is 1. The SMILES string of the molecule is O=C(CNC(=O)NC1CCCCC1)NCCc1cccc(C(=O)O)c1. The molecule has 1 aromatic carbocycles. The van der Waals surface area contributed by atoms with E-state index >= 15 is 0 Å². The van der Waals surface area contributed by atoms with Crippen LogP contribution in [0, 0.1) is 0 Å². The second-order valence-electron chi connectivity index (χ2n) is 6.27. The summed E-state index contributed by atoms with van der Waals surface area (Å²) in [4.78, 5) is 34.4. The van der Waals surface area contributed by atoms with Gasteiger partial charge < -0.3 is 21.1 Å². The minimum Gasteiger partial charge on any atom is -0.478 e. The number of aromatic carboxylic acids is 1. The van der Waals surface area contributed by atoms with Crippen molar-refractivity contribution in [3.05, 3.63) is 35.4 Å². The number of rotatable bonds is 7. The molecule has 7 nitrogen and oxygen atoms in total. The van der Waals surface area contributed by atoms with Gasteiger partial charge in [0.05, 0.1) is 12.1 Å². The summed E-state index contributed by atoms with van der Waals surface area (Å²) in [5.41, 5.74) is 1.06. The minimum atomic E-state index is -0.973. The fourth-order valence-corrected chi connectivity index (χ4v) is 2.91. The molecule has 0 aliphatic heterocycles. The third kappa shape index (κ3) is 6.82. The molecule has 1 aliphatic rings. The summed E-state index contributed by atoms with van der Waals surface area (Å²) in [6.45, 7) is 0.307. The van der Waals surface area contributed by atoms with Gasteiger partial charge in [-0.1, -0.05) is 31.4 Å². The average molecular weight is 347 g/mol. The van der Waals surface area contributed by atoms with E-state index in [4.69, 9.17) is 5.11 Å². The van der Waals surface area contributed by atoms with E-state index in [2.05, 4.69) is 16.0 Å². The van der Waals surface area contributed by atoms with Crippen LogP contribution in [0.25, 0.3) is 0 Å². The summed E-state index contributed by atoms with van der Waals surface area (Å²) in [5, 5.41) is 17.1. The van der Waals surface area contributed by atoms with Crippen LogP contribution in [0.2, 0.25) is 0 Å². The first-order chi connectivity index (χ1) is 12.0. The molecule has 0 heterocycles. The summed E-state index contributed by atoms with van der Waals surface area (Å²) in [6.07, 6.45) is 6.01. The van der Waals surface area contributed by atoms with Crippen molar-refractivity contribution in [2.75, 3.05) is 13.1 Å². The first-order valence-corrected chi connectivity index (χ1v) is 8.68. The zero-order chi connectivity index (χ0) is 18.1. The smallest absolute Gasteiger partial charge is 0.335 e. The van der Waals surface area contributed by atoms with E-state index in [1.54, 1.807) is 12.1 Å². The molecule has 1 fully saturated rings. The molecule has 0 atom stereocenters. The zero-order valence-corrected chi connectivity index (χ0v) is 14.2. The maximum absolute atomic E-state index is 11.8. The van der Waals surface area contributed by atoms with Crippen LogP contribution in [0.15, 0.2) is 24.3 Å². The van der Waals surface area contributed by atoms with E-state index in [1.165, 1.54) is 12.5 Å². The molecule has 0 bridgehead atoms. The van der Waals surface area contributed by atoms with Crippen molar-refractivity contribution in [2.45, 2.75) is 44.6 Å². The van der Waals surface area contributed by atoms with Crippen LogP contribution in [0.5, 0.6) is 0 Å². The molecule has 1 aromatic rings. The van der Waals surface area contributed by atoms with Crippen molar-refractivity contribution >= 4 is 17.9 Å². The highest BCUT2D eigenvalue weighted by atomic mass is 16.4. The predicted octanol–water partition coefficient (Wildman–Crippen LogP) is 1.68. The van der Waals surface area contributed by atoms with Gasteiger partial charge in [-0.3, -0.25) is 4.79 Å². The molecule has 0 saturated heterocycles. The Morgan fingerprint density at radius 1 is 1.08 bits per heavy atom. The molecule has 0 unspecified atom stereocenters. The van der Waals surface area contributed by atoms with E-state index in [1.807, 2.05) is 6.07 Å². The number of hydrogen-bond acceptors (Lipinski definition) is 3. The lowest BCUT2D eigenvalue weighted by Crippen LogP contribution is -2.46. The van der Waals surface area contributed by atoms with Gasteiger partial charge in [0.2, 0.25) is 5.91 Å². The van der Waals surface area contributed by atoms with Crippen LogP contribution in [-0.4, -0.2) is 42.1 Å². The Kier molecular flexibility index (Phi) is 7.25. The number of amides is 3. The minimum absolute atomic E-state index is 0.0757. The zero-order valence-electron chi connectivity index (χ0n) is 14.2. The Balaban J connectivity index is 1.62. The van der Waals surface area contributed by atoms with Gasteiger partial charge >= 0.3 is 12.0 Å². The van der Waals surface area contributed by atoms with Crippen LogP contribution in [0.1, 0.15) is 48.0 Å². The Bertz CT molecular complexity index is 612. The summed E-state index contributed by atoms with van der Waals surface area (Å²) in [6, 6.07) is 6.50. The topological polar surface area (TPSA) is 108 Å². The highest BCUT2D eigenvalue weighted by molar-refractivity contribution is 5.87. The predicted molar refractivity (Wildman–Crippen MR) is 93.5 cm³/mol. The fourth-order valence-electron chi connectivity index (χ4n) is 2.91. The molecule has 4 N–H and O–H groups in total. The highest BCUT2D eigenvalue weighted by Crippen LogP contribution is 2.17. The van der Waals surface area contributed by atoms with Gasteiger partial charge in [-0.25, -0.2) is 9.59 Å². The lowest BCUT2D eigenvalue weighted by atomic mass is 9.96. The molecule has 7 heteroatoms. The molecule has 0 aromatic heterocycles. The number of nitrogens with one attached hydrogen (secondary N) is 3. The molecule has 1 aliphatic carbocycles. The third-order valence-electron chi connectivity index (χ3n) is 4.26. The maximum Gasteiger partial charge on any atom is 0.335 e. The summed E-state index contributed by atoms with van der Waals surface area (Å²) < 4.78 is 0. The first-order valence-electron chi connectivity index (χ1n) is 8.68. The van der Waals surface area contributed by atoms with Gasteiger partial charge in [0.15, 0.2) is 0 Å². The average Bonchev–Trinajstić information content (AvgIpc) is 2.61. The Morgan fingerprint density at radius 2 is 1.84 bits per heavy atom. The molecule has 1 saturated carbocycles. The molecule has 136 valence electrons. The van der Waals surface area contributed by atoms with Crippen LogP contribution in [0.4, 0.5) is 4.79 Å². The van der Waals surface area contributed by atoms with Gasteiger partial charge in [-0.2, -0.15) is 0 Å². The molecule has 2 rings (SSSR count). The van der Waals surface area contributed by atoms with Crippen LogP contribution in [-0.2, 0) is 11.2 Å². The number of carbonyl (C=O) groups excluding carboxylic acids is 2. The van der Waals surface area contributed by atoms with Crippen molar-refractivity contribution in [1.29, 1.82) is 0 Å². The second-order valence-corrected chi connectivity index (χ2v) is 6.27. The summed E-state index contributed by atoms with van der Waals surface area (Å²) in [5.74, 6) is -1.24. The monoisotopic (exact) mass is 347 g/mol.